The number of hydrogen-bond acceptors (Lipinski definition) is 2. The standard InChI is InChI=1S/C11H17N2/c1-3-13(4-2)11-7-5-6-10(8-11)9-12/h5-8H,1,3-4,9,12H2,2H3. The van der Waals surface area contributed by atoms with E-state index in [0.717, 1.165) is 13.1 Å². The molecule has 2 N–H and O–H groups in total. The van der Waals surface area contributed by atoms with Crippen molar-refractivity contribution < 1.29 is 0 Å². The molecule has 13 heavy (non-hydrogen) atoms. The highest BCUT2D eigenvalue weighted by molar-refractivity contribution is 5.48. The average molecular weight is 177 g/mol. The van der Waals surface area contributed by atoms with Crippen LogP contribution in [0.2, 0.25) is 0 Å². The molecule has 2 nitrogen and oxygen atoms in total. The highest BCUT2D eigenvalue weighted by atomic mass is 15.1. The molecule has 0 aliphatic carbocycles. The largest absolute Gasteiger partial charge is 0.372 e. The van der Waals surface area contributed by atoms with Crippen molar-refractivity contribution >= 4 is 5.69 Å². The van der Waals surface area contributed by atoms with Crippen molar-refractivity contribution in [1.29, 1.82) is 0 Å². The summed E-state index contributed by atoms with van der Waals surface area (Å²) in [6, 6.07) is 8.29. The summed E-state index contributed by atoms with van der Waals surface area (Å²) in [6.45, 7) is 8.39. The second kappa shape index (κ2) is 4.87. The first-order chi connectivity index (χ1) is 6.31. The number of nitrogens with zero attached hydrogens (tertiary/aromatic N) is 1. The van der Waals surface area contributed by atoms with Gasteiger partial charge in [0.05, 0.1) is 0 Å². The lowest BCUT2D eigenvalue weighted by Gasteiger charge is -2.21. The van der Waals surface area contributed by atoms with E-state index in [0.29, 0.717) is 6.54 Å². The molecule has 0 saturated heterocycles. The minimum atomic E-state index is 0.600. The van der Waals surface area contributed by atoms with Crippen LogP contribution in [0.25, 0.3) is 0 Å². The van der Waals surface area contributed by atoms with Gasteiger partial charge in [-0.15, -0.1) is 0 Å². The van der Waals surface area contributed by atoms with Gasteiger partial charge in [0, 0.05) is 25.3 Å². The van der Waals surface area contributed by atoms with E-state index in [4.69, 9.17) is 5.73 Å². The number of benzene rings is 1. The van der Waals surface area contributed by atoms with Gasteiger partial charge in [0.25, 0.3) is 0 Å². The van der Waals surface area contributed by atoms with E-state index < -0.39 is 0 Å². The summed E-state index contributed by atoms with van der Waals surface area (Å²) in [4.78, 5) is 2.21. The molecular formula is C11H17N2. The Morgan fingerprint density at radius 3 is 2.77 bits per heavy atom. The Hall–Kier alpha value is -1.02. The van der Waals surface area contributed by atoms with Crippen LogP contribution in [0.5, 0.6) is 0 Å². The van der Waals surface area contributed by atoms with Gasteiger partial charge in [0.15, 0.2) is 0 Å². The summed E-state index contributed by atoms with van der Waals surface area (Å²) in [6.07, 6.45) is 0. The van der Waals surface area contributed by atoms with E-state index in [1.54, 1.807) is 0 Å². The van der Waals surface area contributed by atoms with Gasteiger partial charge in [-0.25, -0.2) is 0 Å². The van der Waals surface area contributed by atoms with Crippen LogP contribution in [-0.2, 0) is 6.54 Å². The molecule has 0 aliphatic rings. The fourth-order valence-electron chi connectivity index (χ4n) is 1.35. The first kappa shape index (κ1) is 10.1. The maximum atomic E-state index is 5.57. The highest BCUT2D eigenvalue weighted by Crippen LogP contribution is 2.15. The van der Waals surface area contributed by atoms with Gasteiger partial charge in [0.1, 0.15) is 0 Å². The molecule has 0 atom stereocenters. The van der Waals surface area contributed by atoms with Crippen LogP contribution >= 0.6 is 0 Å². The molecule has 2 heteroatoms. The molecule has 0 unspecified atom stereocenters. The van der Waals surface area contributed by atoms with E-state index in [1.807, 2.05) is 12.1 Å². The van der Waals surface area contributed by atoms with Gasteiger partial charge in [-0.05, 0) is 31.5 Å². The van der Waals surface area contributed by atoms with Crippen LogP contribution in [0.15, 0.2) is 24.3 Å². The van der Waals surface area contributed by atoms with Crippen LogP contribution < -0.4 is 10.6 Å². The van der Waals surface area contributed by atoms with Gasteiger partial charge in [0.2, 0.25) is 0 Å². The molecule has 0 saturated carbocycles. The minimum absolute atomic E-state index is 0.600. The molecule has 0 fully saturated rings. The summed E-state index contributed by atoms with van der Waals surface area (Å²) in [5.74, 6) is 0. The third kappa shape index (κ3) is 2.46. The zero-order chi connectivity index (χ0) is 9.68. The van der Waals surface area contributed by atoms with E-state index in [1.165, 1.54) is 11.3 Å². The summed E-state index contributed by atoms with van der Waals surface area (Å²) in [7, 11) is 0. The summed E-state index contributed by atoms with van der Waals surface area (Å²) in [5.41, 5.74) is 7.95. The molecule has 0 aromatic heterocycles. The van der Waals surface area contributed by atoms with Crippen molar-refractivity contribution in [3.8, 4) is 0 Å². The van der Waals surface area contributed by atoms with E-state index in [-0.39, 0.29) is 0 Å². The predicted octanol–water partition coefficient (Wildman–Crippen LogP) is 1.81. The monoisotopic (exact) mass is 177 g/mol. The van der Waals surface area contributed by atoms with Gasteiger partial charge < -0.3 is 10.6 Å². The molecule has 1 aromatic carbocycles. The first-order valence-electron chi connectivity index (χ1n) is 4.65. The predicted molar refractivity (Wildman–Crippen MR) is 57.6 cm³/mol. The molecule has 0 heterocycles. The minimum Gasteiger partial charge on any atom is -0.372 e. The van der Waals surface area contributed by atoms with E-state index in [2.05, 4.69) is 30.9 Å². The molecule has 0 spiro atoms. The fourth-order valence-corrected chi connectivity index (χ4v) is 1.35. The Morgan fingerprint density at radius 1 is 1.46 bits per heavy atom. The van der Waals surface area contributed by atoms with Gasteiger partial charge in [-0.1, -0.05) is 12.1 Å². The van der Waals surface area contributed by atoms with Crippen molar-refractivity contribution in [3.63, 3.8) is 0 Å². The average Bonchev–Trinajstić information content (AvgIpc) is 2.20. The maximum Gasteiger partial charge on any atom is 0.0369 e. The Balaban J connectivity index is 2.86. The van der Waals surface area contributed by atoms with Gasteiger partial charge in [-0.2, -0.15) is 0 Å². The van der Waals surface area contributed by atoms with Crippen molar-refractivity contribution in [2.24, 2.45) is 5.73 Å². The van der Waals surface area contributed by atoms with E-state index >= 15 is 0 Å². The quantitative estimate of drug-likeness (QED) is 0.760. The first-order valence-corrected chi connectivity index (χ1v) is 4.65. The lowest BCUT2D eigenvalue weighted by molar-refractivity contribution is 0.901. The lowest BCUT2D eigenvalue weighted by Crippen LogP contribution is -2.22. The van der Waals surface area contributed by atoms with Crippen molar-refractivity contribution in [3.05, 3.63) is 36.8 Å². The van der Waals surface area contributed by atoms with Crippen molar-refractivity contribution in [1.82, 2.24) is 0 Å². The van der Waals surface area contributed by atoms with Crippen molar-refractivity contribution in [2.45, 2.75) is 13.5 Å². The maximum absolute atomic E-state index is 5.57. The molecule has 0 aliphatic heterocycles. The molecular weight excluding hydrogens is 160 g/mol. The zero-order valence-electron chi connectivity index (χ0n) is 8.16. The Kier molecular flexibility index (Phi) is 3.77. The second-order valence-electron chi connectivity index (χ2n) is 2.95. The SMILES string of the molecule is [CH2]CN(CC)c1cccc(CN)c1. The van der Waals surface area contributed by atoms with Gasteiger partial charge in [-0.3, -0.25) is 0 Å². The molecule has 71 valence electrons. The summed E-state index contributed by atoms with van der Waals surface area (Å²) >= 11 is 0. The molecule has 0 bridgehead atoms. The van der Waals surface area contributed by atoms with Crippen LogP contribution in [0.4, 0.5) is 5.69 Å². The van der Waals surface area contributed by atoms with Gasteiger partial charge >= 0.3 is 0 Å². The number of hydrogen-bond donors (Lipinski definition) is 1. The van der Waals surface area contributed by atoms with Crippen molar-refractivity contribution in [2.75, 3.05) is 18.0 Å². The third-order valence-corrected chi connectivity index (χ3v) is 2.16. The highest BCUT2D eigenvalue weighted by Gasteiger charge is 2.00. The fraction of sp³-hybridized carbons (Fsp3) is 0.364. The number of rotatable bonds is 4. The topological polar surface area (TPSA) is 29.3 Å². The molecule has 1 aromatic rings. The molecule has 1 radical (unpaired) electrons. The van der Waals surface area contributed by atoms with E-state index in [9.17, 15) is 0 Å². The van der Waals surface area contributed by atoms with Crippen LogP contribution in [-0.4, -0.2) is 13.1 Å². The molecule has 0 amide bonds. The second-order valence-corrected chi connectivity index (χ2v) is 2.95. The Morgan fingerprint density at radius 2 is 2.23 bits per heavy atom. The normalized spacial score (nSPS) is 10.1. The zero-order valence-corrected chi connectivity index (χ0v) is 8.16. The Bertz CT molecular complexity index is 254. The third-order valence-electron chi connectivity index (χ3n) is 2.16. The van der Waals surface area contributed by atoms with Crippen LogP contribution in [0, 0.1) is 6.92 Å². The smallest absolute Gasteiger partial charge is 0.0369 e. The van der Waals surface area contributed by atoms with Crippen LogP contribution in [0.1, 0.15) is 12.5 Å². The number of anilines is 1. The number of nitrogens with two attached hydrogens (primary N) is 1. The van der Waals surface area contributed by atoms with Crippen LogP contribution in [0.3, 0.4) is 0 Å². The summed E-state index contributed by atoms with van der Waals surface area (Å²) < 4.78 is 0. The Labute approximate surface area is 80.4 Å². The lowest BCUT2D eigenvalue weighted by atomic mass is 10.2. The molecule has 1 rings (SSSR count). The summed E-state index contributed by atoms with van der Waals surface area (Å²) in [5, 5.41) is 0.